The first-order chi connectivity index (χ1) is 36.0. The van der Waals surface area contributed by atoms with Crippen LogP contribution < -0.4 is 0 Å². The Kier molecular flexibility index (Phi) is 56.4. The van der Waals surface area contributed by atoms with Crippen LogP contribution in [0, 0.1) is 0 Å². The van der Waals surface area contributed by atoms with Gasteiger partial charge in [-0.15, -0.1) is 0 Å². The first kappa shape index (κ1) is 68.6. The largest absolute Gasteiger partial charge is 0.462 e. The van der Waals surface area contributed by atoms with Crippen LogP contribution in [0.4, 0.5) is 0 Å². The summed E-state index contributed by atoms with van der Waals surface area (Å²) in [5.74, 6) is -1.01. The summed E-state index contributed by atoms with van der Waals surface area (Å²) in [5.41, 5.74) is 0. The van der Waals surface area contributed by atoms with E-state index in [4.69, 9.17) is 14.2 Å². The Morgan fingerprint density at radius 1 is 0.288 bits per heavy atom. The van der Waals surface area contributed by atoms with Crippen molar-refractivity contribution in [3.8, 4) is 0 Å². The number of rotatable bonds is 52. The van der Waals surface area contributed by atoms with E-state index in [-0.39, 0.29) is 37.5 Å². The number of unbranched alkanes of at least 4 members (excludes halogenated alkanes) is 19. The van der Waals surface area contributed by atoms with Crippen molar-refractivity contribution in [1.29, 1.82) is 0 Å². The fourth-order valence-corrected chi connectivity index (χ4v) is 7.72. The number of ether oxygens (including phenoxy) is 3. The molecule has 0 rings (SSSR count). The number of carbonyl (C=O) groups excluding carboxylic acids is 3. The predicted octanol–water partition coefficient (Wildman–Crippen LogP) is 20.2. The number of hydrogen-bond donors (Lipinski definition) is 0. The minimum absolute atomic E-state index is 0.114. The van der Waals surface area contributed by atoms with Crippen molar-refractivity contribution in [2.24, 2.45) is 0 Å². The van der Waals surface area contributed by atoms with Crippen molar-refractivity contribution < 1.29 is 28.6 Å². The molecule has 0 aromatic carbocycles. The van der Waals surface area contributed by atoms with E-state index in [1.807, 2.05) is 0 Å². The lowest BCUT2D eigenvalue weighted by molar-refractivity contribution is -0.167. The molecule has 0 bridgehead atoms. The second-order valence-electron chi connectivity index (χ2n) is 19.1. The molecule has 0 aromatic rings. The fraction of sp³-hybridized carbons (Fsp3) is 0.627. The molecule has 1 unspecified atom stereocenters. The Bertz CT molecular complexity index is 1580. The summed E-state index contributed by atoms with van der Waals surface area (Å²) < 4.78 is 16.8. The maximum absolute atomic E-state index is 12.8. The Morgan fingerprint density at radius 3 is 0.863 bits per heavy atom. The molecule has 0 fully saturated rings. The summed E-state index contributed by atoms with van der Waals surface area (Å²) in [6, 6.07) is 0. The van der Waals surface area contributed by atoms with E-state index in [0.29, 0.717) is 25.7 Å². The zero-order valence-electron chi connectivity index (χ0n) is 47.1. The molecule has 412 valence electrons. The van der Waals surface area contributed by atoms with Gasteiger partial charge < -0.3 is 14.2 Å². The fourth-order valence-electron chi connectivity index (χ4n) is 7.72. The average Bonchev–Trinajstić information content (AvgIpc) is 3.39. The molecular weight excluding hydrogens is 901 g/mol. The SMILES string of the molecule is CC/C=C\C/C=C\C/C=C\C/C=C\CCCCC(=O)OCC(COC(=O)CCCCCCCCCCCC/C=C\C/C=C\C/C=C\CCCCCCC)OC(=O)CCCC/C=C\C/C=C\C/C=C\C/C=C\CC. The van der Waals surface area contributed by atoms with Crippen LogP contribution in [0.25, 0.3) is 0 Å². The third-order valence-electron chi connectivity index (χ3n) is 12.1. The molecular formula is C67H108O6. The second-order valence-corrected chi connectivity index (χ2v) is 19.1. The molecule has 0 heterocycles. The van der Waals surface area contributed by atoms with Gasteiger partial charge in [0.15, 0.2) is 6.10 Å². The smallest absolute Gasteiger partial charge is 0.306 e. The predicted molar refractivity (Wildman–Crippen MR) is 316 cm³/mol. The molecule has 0 N–H and O–H groups in total. The first-order valence-electron chi connectivity index (χ1n) is 29.7. The normalized spacial score (nSPS) is 13.1. The maximum atomic E-state index is 12.8. The Hall–Kier alpha value is -4.45. The van der Waals surface area contributed by atoms with Crippen LogP contribution in [-0.4, -0.2) is 37.2 Å². The summed E-state index contributed by atoms with van der Waals surface area (Å²) in [6.07, 6.45) is 84.6. The molecule has 6 nitrogen and oxygen atoms in total. The molecule has 0 saturated carbocycles. The van der Waals surface area contributed by atoms with E-state index in [9.17, 15) is 14.4 Å². The molecule has 0 amide bonds. The molecule has 1 atom stereocenters. The molecule has 0 aromatic heterocycles. The zero-order valence-corrected chi connectivity index (χ0v) is 47.1. The topological polar surface area (TPSA) is 78.9 Å². The van der Waals surface area contributed by atoms with Crippen LogP contribution in [0.3, 0.4) is 0 Å². The summed E-state index contributed by atoms with van der Waals surface area (Å²) in [5, 5.41) is 0. The van der Waals surface area contributed by atoms with Crippen LogP contribution in [-0.2, 0) is 28.6 Å². The molecule has 0 radical (unpaired) electrons. The van der Waals surface area contributed by atoms with E-state index in [1.165, 1.54) is 89.9 Å². The second kappa shape index (κ2) is 60.1. The van der Waals surface area contributed by atoms with Crippen LogP contribution in [0.2, 0.25) is 0 Å². The van der Waals surface area contributed by atoms with Crippen molar-refractivity contribution in [3.63, 3.8) is 0 Å². The summed E-state index contributed by atoms with van der Waals surface area (Å²) >= 11 is 0. The van der Waals surface area contributed by atoms with Gasteiger partial charge in [0.2, 0.25) is 0 Å². The van der Waals surface area contributed by atoms with Crippen molar-refractivity contribution in [3.05, 3.63) is 134 Å². The lowest BCUT2D eigenvalue weighted by Crippen LogP contribution is -2.30. The summed E-state index contributed by atoms with van der Waals surface area (Å²) in [6.45, 7) is 6.32. The van der Waals surface area contributed by atoms with Gasteiger partial charge in [-0.05, 0) is 135 Å². The molecule has 0 aliphatic carbocycles. The van der Waals surface area contributed by atoms with E-state index in [0.717, 1.165) is 109 Å². The van der Waals surface area contributed by atoms with Gasteiger partial charge in [0.05, 0.1) is 0 Å². The monoisotopic (exact) mass is 1010 g/mol. The Balaban J connectivity index is 4.43. The minimum Gasteiger partial charge on any atom is -0.462 e. The molecule has 6 heteroatoms. The van der Waals surface area contributed by atoms with Gasteiger partial charge in [-0.3, -0.25) is 14.4 Å². The van der Waals surface area contributed by atoms with Gasteiger partial charge in [0.1, 0.15) is 13.2 Å². The van der Waals surface area contributed by atoms with Crippen LogP contribution >= 0.6 is 0 Å². The highest BCUT2D eigenvalue weighted by Crippen LogP contribution is 2.14. The Labute approximate surface area is 449 Å². The van der Waals surface area contributed by atoms with Gasteiger partial charge in [-0.2, -0.15) is 0 Å². The minimum atomic E-state index is -0.824. The lowest BCUT2D eigenvalue weighted by atomic mass is 10.1. The average molecular weight is 1010 g/mol. The highest BCUT2D eigenvalue weighted by molar-refractivity contribution is 5.71. The third kappa shape index (κ3) is 58.3. The van der Waals surface area contributed by atoms with E-state index < -0.39 is 6.10 Å². The van der Waals surface area contributed by atoms with Gasteiger partial charge in [-0.1, -0.05) is 231 Å². The Morgan fingerprint density at radius 2 is 0.534 bits per heavy atom. The van der Waals surface area contributed by atoms with E-state index in [2.05, 4.69) is 154 Å². The molecule has 0 saturated heterocycles. The molecule has 73 heavy (non-hydrogen) atoms. The number of esters is 3. The molecule has 0 aliphatic rings. The molecule has 0 aliphatic heterocycles. The highest BCUT2D eigenvalue weighted by Gasteiger charge is 2.19. The van der Waals surface area contributed by atoms with E-state index in [1.54, 1.807) is 0 Å². The van der Waals surface area contributed by atoms with Crippen molar-refractivity contribution >= 4 is 17.9 Å². The number of hydrogen-bond acceptors (Lipinski definition) is 6. The highest BCUT2D eigenvalue weighted by atomic mass is 16.6. The van der Waals surface area contributed by atoms with Crippen molar-refractivity contribution in [2.45, 2.75) is 258 Å². The maximum Gasteiger partial charge on any atom is 0.306 e. The van der Waals surface area contributed by atoms with Crippen LogP contribution in [0.5, 0.6) is 0 Å². The quantitative estimate of drug-likeness (QED) is 0.0261. The summed E-state index contributed by atoms with van der Waals surface area (Å²) in [4.78, 5) is 38.2. The molecule has 0 spiro atoms. The standard InChI is InChI=1S/C67H108O6/c1-4-7-10-13-16-19-22-25-28-29-30-31-32-33-34-35-36-37-40-42-45-48-51-54-57-60-66(69)72-63-64(73-67(70)61-58-55-52-49-46-43-39-27-24-21-18-15-12-9-6-3)62-71-65(68)59-56-53-50-47-44-41-38-26-23-20-17-14-11-8-5-2/h8-9,11-12,17-18,20-22,25-27,29-30,32-33,38-39,44,46-47,49,64H,4-7,10,13-16,19,23-24,28,31,34-37,40-43,45,48,50-63H2,1-3H3/b11-8-,12-9-,20-17-,21-18-,25-22-,30-29-,33-32-,38-26-,39-27-,47-44-,49-46-. The van der Waals surface area contributed by atoms with Crippen LogP contribution in [0.15, 0.2) is 134 Å². The van der Waals surface area contributed by atoms with Crippen molar-refractivity contribution in [2.75, 3.05) is 13.2 Å². The van der Waals surface area contributed by atoms with Gasteiger partial charge in [0, 0.05) is 19.3 Å². The first-order valence-corrected chi connectivity index (χ1v) is 29.7. The zero-order chi connectivity index (χ0) is 52.9. The summed E-state index contributed by atoms with van der Waals surface area (Å²) in [7, 11) is 0. The van der Waals surface area contributed by atoms with Gasteiger partial charge in [-0.25, -0.2) is 0 Å². The number of allylic oxidation sites excluding steroid dienone is 22. The third-order valence-corrected chi connectivity index (χ3v) is 12.1. The van der Waals surface area contributed by atoms with E-state index >= 15 is 0 Å². The number of carbonyl (C=O) groups is 3. The lowest BCUT2D eigenvalue weighted by Gasteiger charge is -2.18. The van der Waals surface area contributed by atoms with Crippen molar-refractivity contribution in [1.82, 2.24) is 0 Å². The van der Waals surface area contributed by atoms with Gasteiger partial charge >= 0.3 is 17.9 Å². The van der Waals surface area contributed by atoms with Gasteiger partial charge in [0.25, 0.3) is 0 Å². The van der Waals surface area contributed by atoms with Crippen LogP contribution in [0.1, 0.15) is 252 Å².